The molecule has 0 bridgehead atoms. The van der Waals surface area contributed by atoms with E-state index >= 15 is 0 Å². The molecule has 0 spiro atoms. The Kier molecular flexibility index (Phi) is 6.71. The largest absolute Gasteiger partial charge is 0.466 e. The van der Waals surface area contributed by atoms with Crippen LogP contribution in [-0.4, -0.2) is 43.1 Å². The number of hydrogen-bond acceptors (Lipinski definition) is 6. The average Bonchev–Trinajstić information content (AvgIpc) is 2.62. The highest BCUT2D eigenvalue weighted by atomic mass is 16.5. The topological polar surface area (TPSA) is 97.5 Å². The molecular formula is C18H24N4O3. The molecule has 0 radical (unpaired) electrons. The number of anilines is 1. The third-order valence-electron chi connectivity index (χ3n) is 3.88. The van der Waals surface area contributed by atoms with E-state index in [0.29, 0.717) is 24.4 Å². The van der Waals surface area contributed by atoms with E-state index < -0.39 is 0 Å². The number of likely N-dealkylation sites (N-methyl/N-ethyl adjacent to an activating group) is 1. The molecule has 1 aromatic rings. The van der Waals surface area contributed by atoms with Gasteiger partial charge in [0.1, 0.15) is 5.82 Å². The number of hydrogen-bond donors (Lipinski definition) is 2. The van der Waals surface area contributed by atoms with Crippen LogP contribution in [0.4, 0.5) is 5.82 Å². The number of nitrogens with one attached hydrogen (secondary N) is 1. The van der Waals surface area contributed by atoms with Crippen molar-refractivity contribution >= 4 is 17.7 Å². The molecule has 1 aromatic heterocycles. The van der Waals surface area contributed by atoms with Gasteiger partial charge in [-0.3, -0.25) is 14.5 Å². The van der Waals surface area contributed by atoms with Crippen LogP contribution in [0.3, 0.4) is 0 Å². The van der Waals surface area contributed by atoms with Crippen LogP contribution in [0.25, 0.3) is 0 Å². The summed E-state index contributed by atoms with van der Waals surface area (Å²) in [5.41, 5.74) is 7.55. The first-order chi connectivity index (χ1) is 12.1. The average molecular weight is 344 g/mol. The minimum absolute atomic E-state index is 0.104. The number of ether oxygens (including phenoxy) is 1. The molecule has 7 nitrogen and oxygen atoms in total. The van der Waals surface area contributed by atoms with Gasteiger partial charge in [0.15, 0.2) is 0 Å². The maximum absolute atomic E-state index is 13.0. The molecule has 1 amide bonds. The molecule has 1 unspecified atom stereocenters. The summed E-state index contributed by atoms with van der Waals surface area (Å²) in [6.45, 7) is 2.26. The van der Waals surface area contributed by atoms with Crippen molar-refractivity contribution in [2.24, 2.45) is 5.73 Å². The minimum atomic E-state index is -0.345. The van der Waals surface area contributed by atoms with E-state index in [1.807, 2.05) is 6.08 Å². The molecule has 0 aromatic carbocycles. The Hall–Kier alpha value is -2.67. The quantitative estimate of drug-likeness (QED) is 0.720. The van der Waals surface area contributed by atoms with E-state index in [0.717, 1.165) is 5.70 Å². The molecule has 0 saturated carbocycles. The van der Waals surface area contributed by atoms with Crippen molar-refractivity contribution in [1.29, 1.82) is 0 Å². The summed E-state index contributed by atoms with van der Waals surface area (Å²) in [6, 6.07) is 5.05. The Morgan fingerprint density at radius 1 is 1.40 bits per heavy atom. The predicted molar refractivity (Wildman–Crippen MR) is 95.7 cm³/mol. The number of carbonyl (C=O) groups excluding carboxylic acids is 2. The first kappa shape index (κ1) is 18.7. The molecule has 0 saturated heterocycles. The SMILES string of the molecule is CCOC(=O)CCN(C(=O)C1=CC=C(NC)C(N)C1)c1ccccn1. The first-order valence-corrected chi connectivity index (χ1v) is 8.29. The Bertz CT molecular complexity index is 670. The van der Waals surface area contributed by atoms with Crippen LogP contribution in [0, 0.1) is 0 Å². The highest BCUT2D eigenvalue weighted by Gasteiger charge is 2.25. The van der Waals surface area contributed by atoms with Crippen molar-refractivity contribution in [3.05, 3.63) is 47.8 Å². The van der Waals surface area contributed by atoms with Crippen molar-refractivity contribution in [2.45, 2.75) is 25.8 Å². The van der Waals surface area contributed by atoms with Gasteiger partial charge in [0, 0.05) is 37.1 Å². The molecule has 0 aliphatic heterocycles. The van der Waals surface area contributed by atoms with Gasteiger partial charge < -0.3 is 15.8 Å². The molecule has 1 atom stereocenters. The molecule has 0 fully saturated rings. The second-order valence-corrected chi connectivity index (χ2v) is 5.57. The van der Waals surface area contributed by atoms with Crippen molar-refractivity contribution in [1.82, 2.24) is 10.3 Å². The standard InChI is InChI=1S/C18H24N4O3/c1-3-25-17(23)9-11-22(16-6-4-5-10-21-16)18(24)13-7-8-15(20-2)14(19)12-13/h4-8,10,14,20H,3,9,11-12,19H2,1-2H3. The third-order valence-corrected chi connectivity index (χ3v) is 3.88. The van der Waals surface area contributed by atoms with E-state index in [9.17, 15) is 9.59 Å². The second kappa shape index (κ2) is 8.98. The molecule has 2 rings (SSSR count). The fourth-order valence-electron chi connectivity index (χ4n) is 2.60. The monoisotopic (exact) mass is 344 g/mol. The van der Waals surface area contributed by atoms with Gasteiger partial charge in [-0.15, -0.1) is 0 Å². The number of aromatic nitrogens is 1. The normalized spacial score (nSPS) is 16.5. The first-order valence-electron chi connectivity index (χ1n) is 8.29. The number of nitrogens with two attached hydrogens (primary N) is 1. The third kappa shape index (κ3) is 4.90. The number of allylic oxidation sites excluding steroid dienone is 2. The summed E-state index contributed by atoms with van der Waals surface area (Å²) in [7, 11) is 1.80. The Labute approximate surface area is 147 Å². The summed E-state index contributed by atoms with van der Waals surface area (Å²) >= 11 is 0. The van der Waals surface area contributed by atoms with Crippen LogP contribution < -0.4 is 16.0 Å². The van der Waals surface area contributed by atoms with Crippen LogP contribution in [-0.2, 0) is 14.3 Å². The molecular weight excluding hydrogens is 320 g/mol. The van der Waals surface area contributed by atoms with Gasteiger partial charge in [-0.1, -0.05) is 12.1 Å². The fourth-order valence-corrected chi connectivity index (χ4v) is 2.60. The Balaban J connectivity index is 2.20. The molecule has 1 aliphatic carbocycles. The Morgan fingerprint density at radius 3 is 2.80 bits per heavy atom. The summed E-state index contributed by atoms with van der Waals surface area (Å²) in [4.78, 5) is 30.4. The lowest BCUT2D eigenvalue weighted by molar-refractivity contribution is -0.142. The summed E-state index contributed by atoms with van der Waals surface area (Å²) in [6.07, 6.45) is 5.71. The summed E-state index contributed by atoms with van der Waals surface area (Å²) in [5, 5.41) is 3.02. The van der Waals surface area contributed by atoms with Crippen molar-refractivity contribution < 1.29 is 14.3 Å². The van der Waals surface area contributed by atoms with Gasteiger partial charge in [0.25, 0.3) is 5.91 Å². The molecule has 1 aliphatic rings. The van der Waals surface area contributed by atoms with E-state index in [-0.39, 0.29) is 30.9 Å². The summed E-state index contributed by atoms with van der Waals surface area (Å²) in [5.74, 6) is -0.0533. The molecule has 7 heteroatoms. The minimum Gasteiger partial charge on any atom is -0.466 e. The molecule has 134 valence electrons. The summed E-state index contributed by atoms with van der Waals surface area (Å²) < 4.78 is 4.95. The lowest BCUT2D eigenvalue weighted by Crippen LogP contribution is -2.39. The van der Waals surface area contributed by atoms with Crippen molar-refractivity contribution in [3.8, 4) is 0 Å². The van der Waals surface area contributed by atoms with Gasteiger partial charge in [-0.05, 0) is 31.6 Å². The smallest absolute Gasteiger partial charge is 0.307 e. The number of pyridine rings is 1. The maximum Gasteiger partial charge on any atom is 0.307 e. The van der Waals surface area contributed by atoms with Gasteiger partial charge in [0.05, 0.1) is 13.0 Å². The number of esters is 1. The number of nitrogens with zero attached hydrogens (tertiary/aromatic N) is 2. The van der Waals surface area contributed by atoms with Crippen LogP contribution in [0.5, 0.6) is 0 Å². The van der Waals surface area contributed by atoms with Gasteiger partial charge in [-0.25, -0.2) is 4.98 Å². The van der Waals surface area contributed by atoms with Crippen LogP contribution in [0.15, 0.2) is 47.8 Å². The van der Waals surface area contributed by atoms with Crippen molar-refractivity contribution in [3.63, 3.8) is 0 Å². The molecule has 3 N–H and O–H groups in total. The lowest BCUT2D eigenvalue weighted by Gasteiger charge is -2.26. The number of amides is 1. The zero-order valence-corrected chi connectivity index (χ0v) is 14.6. The Morgan fingerprint density at radius 2 is 2.20 bits per heavy atom. The molecule has 25 heavy (non-hydrogen) atoms. The van der Waals surface area contributed by atoms with E-state index in [2.05, 4.69) is 10.3 Å². The second-order valence-electron chi connectivity index (χ2n) is 5.57. The zero-order chi connectivity index (χ0) is 18.2. The zero-order valence-electron chi connectivity index (χ0n) is 14.6. The van der Waals surface area contributed by atoms with Crippen molar-refractivity contribution in [2.75, 3.05) is 25.1 Å². The molecule has 1 heterocycles. The van der Waals surface area contributed by atoms with Crippen LogP contribution >= 0.6 is 0 Å². The van der Waals surface area contributed by atoms with E-state index in [1.54, 1.807) is 44.4 Å². The predicted octanol–water partition coefficient (Wildman–Crippen LogP) is 1.13. The van der Waals surface area contributed by atoms with Gasteiger partial charge in [0.2, 0.25) is 0 Å². The lowest BCUT2D eigenvalue weighted by atomic mass is 9.97. The number of carbonyl (C=O) groups is 2. The highest BCUT2D eigenvalue weighted by Crippen LogP contribution is 2.21. The van der Waals surface area contributed by atoms with Crippen LogP contribution in [0.1, 0.15) is 19.8 Å². The van der Waals surface area contributed by atoms with E-state index in [1.165, 1.54) is 4.90 Å². The van der Waals surface area contributed by atoms with E-state index in [4.69, 9.17) is 10.5 Å². The fraction of sp³-hybridized carbons (Fsp3) is 0.389. The van der Waals surface area contributed by atoms with Gasteiger partial charge >= 0.3 is 5.97 Å². The van der Waals surface area contributed by atoms with Crippen LogP contribution in [0.2, 0.25) is 0 Å². The number of rotatable bonds is 7. The van der Waals surface area contributed by atoms with Gasteiger partial charge in [-0.2, -0.15) is 0 Å². The maximum atomic E-state index is 13.0. The highest BCUT2D eigenvalue weighted by molar-refractivity contribution is 6.05.